The second-order valence-electron chi connectivity index (χ2n) is 1.67. The van der Waals surface area contributed by atoms with Gasteiger partial charge in [-0.2, -0.15) is 0 Å². The van der Waals surface area contributed by atoms with E-state index in [1.165, 1.54) is 0 Å². The summed E-state index contributed by atoms with van der Waals surface area (Å²) in [5.41, 5.74) is 0.331. The third-order valence-electron chi connectivity index (χ3n) is 1.02. The highest BCUT2D eigenvalue weighted by atomic mass is 16.5. The third kappa shape index (κ3) is 1.29. The van der Waals surface area contributed by atoms with Gasteiger partial charge < -0.3 is 5.11 Å². The lowest BCUT2D eigenvalue weighted by molar-refractivity contribution is 0.0697. The molecular weight excluding hydrogens is 123 g/mol. The Morgan fingerprint density at radius 1 is 1.22 bits per heavy atom. The Morgan fingerprint density at radius 3 is 2.11 bits per heavy atom. The molecule has 0 heterocycles. The maximum absolute atomic E-state index is 10.2. The maximum Gasteiger partial charge on any atom is 0.335 e. The van der Waals surface area contributed by atoms with E-state index in [1.807, 2.05) is 0 Å². The predicted molar refractivity (Wildman–Crippen MR) is 33.4 cm³/mol. The van der Waals surface area contributed by atoms with Gasteiger partial charge in [0.25, 0.3) is 0 Å². The molecule has 0 aliphatic carbocycles. The summed E-state index contributed by atoms with van der Waals surface area (Å²) in [5.74, 6) is -0.879. The van der Waals surface area contributed by atoms with Crippen LogP contribution < -0.4 is 0 Å². The Balaban J connectivity index is 2.98. The molecule has 0 radical (unpaired) electrons. The smallest absolute Gasteiger partial charge is 0.335 e. The summed E-state index contributed by atoms with van der Waals surface area (Å²) in [7, 11) is 0. The molecule has 0 aliphatic rings. The quantitative estimate of drug-likeness (QED) is 0.581. The number of carboxylic acid groups (broad SMARTS) is 1. The van der Waals surface area contributed by atoms with Crippen molar-refractivity contribution >= 4 is 5.97 Å². The molecule has 0 atom stereocenters. The molecule has 0 aromatic heterocycles. The number of rotatable bonds is 1. The molecule has 0 aliphatic heterocycles. The van der Waals surface area contributed by atoms with Gasteiger partial charge in [-0.25, -0.2) is 4.79 Å². The Hall–Kier alpha value is -1.31. The minimum atomic E-state index is -0.879. The van der Waals surface area contributed by atoms with Crippen LogP contribution in [0, 0.1) is 0 Å². The van der Waals surface area contributed by atoms with Crippen LogP contribution in [0.3, 0.4) is 0 Å². The second-order valence-corrected chi connectivity index (χ2v) is 1.67. The molecule has 0 saturated carbocycles. The van der Waals surface area contributed by atoms with Gasteiger partial charge in [0, 0.05) is 0 Å². The highest BCUT2D eigenvalue weighted by Gasteiger charge is 1.96. The lowest BCUT2D eigenvalue weighted by Gasteiger charge is -1.88. The number of carbonyl (C=O) groups is 1. The maximum atomic E-state index is 10.2. The molecule has 2 heteroatoms. The molecule has 0 unspecified atom stereocenters. The fourth-order valence-electron chi connectivity index (χ4n) is 0.581. The SMILES string of the molecule is O=[13C](O)[13c]1[13cH][13cH][13cH][13cH][13cH]1. The number of carboxylic acids is 1. The molecule has 2 nitrogen and oxygen atoms in total. The molecule has 1 rings (SSSR count). The minimum absolute atomic E-state index is 0.331. The fraction of sp³-hybridized carbons (Fsp3) is 0. The molecule has 0 fully saturated rings. The molecule has 1 N–H and O–H groups in total. The van der Waals surface area contributed by atoms with Crippen molar-refractivity contribution < 1.29 is 9.90 Å². The highest BCUT2D eigenvalue weighted by Crippen LogP contribution is 1.96. The van der Waals surface area contributed by atoms with E-state index in [9.17, 15) is 4.79 Å². The molecule has 0 saturated heterocycles. The number of aromatic carboxylic acids is 1. The van der Waals surface area contributed by atoms with E-state index in [0.717, 1.165) is 0 Å². The number of hydrogen-bond donors (Lipinski definition) is 1. The molecule has 0 bridgehead atoms. The van der Waals surface area contributed by atoms with E-state index in [0.29, 0.717) is 5.56 Å². The van der Waals surface area contributed by atoms with Crippen LogP contribution >= 0.6 is 0 Å². The minimum Gasteiger partial charge on any atom is -0.478 e. The van der Waals surface area contributed by atoms with Crippen molar-refractivity contribution in [3.63, 3.8) is 0 Å². The highest BCUT2D eigenvalue weighted by molar-refractivity contribution is 5.87. The van der Waals surface area contributed by atoms with Crippen molar-refractivity contribution in [2.24, 2.45) is 0 Å². The Labute approximate surface area is 52.8 Å². The summed E-state index contributed by atoms with van der Waals surface area (Å²) in [6.45, 7) is 0. The number of hydrogen-bond acceptors (Lipinski definition) is 1. The Kier molecular flexibility index (Phi) is 1.49. The van der Waals surface area contributed by atoms with E-state index in [2.05, 4.69) is 0 Å². The van der Waals surface area contributed by atoms with Crippen molar-refractivity contribution in [2.45, 2.75) is 0 Å². The average molecular weight is 129 g/mol. The van der Waals surface area contributed by atoms with Crippen LogP contribution in [0.15, 0.2) is 30.3 Å². The van der Waals surface area contributed by atoms with Gasteiger partial charge in [-0.3, -0.25) is 0 Å². The summed E-state index contributed by atoms with van der Waals surface area (Å²) < 4.78 is 0. The van der Waals surface area contributed by atoms with Gasteiger partial charge in [0.1, 0.15) is 0 Å². The van der Waals surface area contributed by atoms with Gasteiger partial charge in [-0.15, -0.1) is 0 Å². The first kappa shape index (κ1) is 5.82. The average Bonchev–Trinajstić information content (AvgIpc) is 1.90. The van der Waals surface area contributed by atoms with Crippen LogP contribution in [-0.4, -0.2) is 11.1 Å². The topological polar surface area (TPSA) is 37.3 Å². The van der Waals surface area contributed by atoms with Crippen LogP contribution in [-0.2, 0) is 0 Å². The van der Waals surface area contributed by atoms with E-state index in [-0.39, 0.29) is 0 Å². The molecule has 0 amide bonds. The zero-order chi connectivity index (χ0) is 6.69. The first-order valence-corrected chi connectivity index (χ1v) is 2.59. The fourth-order valence-corrected chi connectivity index (χ4v) is 0.581. The van der Waals surface area contributed by atoms with Crippen molar-refractivity contribution in [3.05, 3.63) is 35.9 Å². The molecule has 1 aromatic rings. The van der Waals surface area contributed by atoms with Crippen molar-refractivity contribution in [1.29, 1.82) is 0 Å². The van der Waals surface area contributed by atoms with Crippen molar-refractivity contribution in [3.8, 4) is 0 Å². The van der Waals surface area contributed by atoms with Crippen LogP contribution in [0.1, 0.15) is 10.4 Å². The van der Waals surface area contributed by atoms with Crippen molar-refractivity contribution in [1.82, 2.24) is 0 Å². The van der Waals surface area contributed by atoms with Crippen molar-refractivity contribution in [2.75, 3.05) is 0 Å². The Bertz CT molecular complexity index is 203. The van der Waals surface area contributed by atoms with Crippen LogP contribution in [0.5, 0.6) is 0 Å². The standard InChI is InChI=1S/C7H6O2/c8-7(9)6-4-2-1-3-5-6/h1-5H,(H,8,9)/i1+1,2+1,3+1,4+1,5+1,6+1,7+1. The Morgan fingerprint density at radius 2 is 1.78 bits per heavy atom. The first-order chi connectivity index (χ1) is 4.30. The van der Waals surface area contributed by atoms with E-state index in [4.69, 9.17) is 5.11 Å². The van der Waals surface area contributed by atoms with Crippen LogP contribution in [0.4, 0.5) is 0 Å². The zero-order valence-electron chi connectivity index (χ0n) is 4.74. The van der Waals surface area contributed by atoms with Gasteiger partial charge >= 0.3 is 5.97 Å². The summed E-state index contributed by atoms with van der Waals surface area (Å²) in [4.78, 5) is 10.2. The molecule has 46 valence electrons. The van der Waals surface area contributed by atoms with Gasteiger partial charge in [0.2, 0.25) is 0 Å². The predicted octanol–water partition coefficient (Wildman–Crippen LogP) is 1.38. The summed E-state index contributed by atoms with van der Waals surface area (Å²) in [6.07, 6.45) is 0. The first-order valence-electron chi connectivity index (χ1n) is 2.59. The third-order valence-corrected chi connectivity index (χ3v) is 1.02. The zero-order valence-corrected chi connectivity index (χ0v) is 4.74. The summed E-state index contributed by atoms with van der Waals surface area (Å²) in [6, 6.07) is 8.30. The molecule has 0 spiro atoms. The monoisotopic (exact) mass is 129 g/mol. The van der Waals surface area contributed by atoms with Gasteiger partial charge in [-0.1, -0.05) is 18.2 Å². The second kappa shape index (κ2) is 2.31. The molecular formula is C7H6O2. The van der Waals surface area contributed by atoms with Gasteiger partial charge in [0.05, 0.1) is 5.56 Å². The van der Waals surface area contributed by atoms with Gasteiger partial charge in [-0.05, 0) is 12.1 Å². The van der Waals surface area contributed by atoms with Gasteiger partial charge in [0.15, 0.2) is 0 Å². The van der Waals surface area contributed by atoms with Crippen LogP contribution in [0.2, 0.25) is 0 Å². The lowest BCUT2D eigenvalue weighted by atomic mass is 11.2. The van der Waals surface area contributed by atoms with E-state index >= 15 is 0 Å². The van der Waals surface area contributed by atoms with E-state index < -0.39 is 5.97 Å². The molecule has 9 heavy (non-hydrogen) atoms. The van der Waals surface area contributed by atoms with E-state index in [1.54, 1.807) is 30.3 Å². The normalized spacial score (nSPS) is 8.89. The summed E-state index contributed by atoms with van der Waals surface area (Å²) in [5, 5.41) is 8.38. The summed E-state index contributed by atoms with van der Waals surface area (Å²) >= 11 is 0. The van der Waals surface area contributed by atoms with Crippen LogP contribution in [0.25, 0.3) is 0 Å². The largest absolute Gasteiger partial charge is 0.478 e. The number of benzene rings is 1. The lowest BCUT2D eigenvalue weighted by Crippen LogP contribution is -1.93. The molecule has 1 aromatic carbocycles.